The Hall–Kier alpha value is -2.47. The van der Waals surface area contributed by atoms with E-state index in [1.54, 1.807) is 0 Å². The molecule has 2 amide bonds. The van der Waals surface area contributed by atoms with Gasteiger partial charge in [0.15, 0.2) is 0 Å². The van der Waals surface area contributed by atoms with E-state index in [1.165, 1.54) is 12.5 Å². The molecule has 0 saturated heterocycles. The van der Waals surface area contributed by atoms with Gasteiger partial charge in [-0.1, -0.05) is 18.2 Å². The van der Waals surface area contributed by atoms with Crippen LogP contribution >= 0.6 is 0 Å². The number of aromatic nitrogens is 2. The number of amides is 2. The van der Waals surface area contributed by atoms with Crippen molar-refractivity contribution >= 4 is 23.8 Å². The van der Waals surface area contributed by atoms with Crippen LogP contribution in [0.15, 0.2) is 12.5 Å². The maximum absolute atomic E-state index is 12.3. The summed E-state index contributed by atoms with van der Waals surface area (Å²) in [6.45, 7) is 0.899. The molecule has 0 aliphatic heterocycles. The number of carboxylic acids is 2. The maximum Gasteiger partial charge on any atom is 2.00 e. The van der Waals surface area contributed by atoms with Gasteiger partial charge < -0.3 is 51.9 Å². The molecule has 1 rings (SSSR count). The molecule has 1 heterocycles. The normalized spacial score (nSPS) is 11.7. The Morgan fingerprint density at radius 2 is 2.00 bits per heavy atom. The molecule has 29 heavy (non-hydrogen) atoms. The quantitative estimate of drug-likeness (QED) is 0.255. The first kappa shape index (κ1) is 28.7. The Kier molecular flexibility index (Phi) is 16.3. The number of nitrogens with zero attached hydrogens (tertiary/aromatic N) is 3. The van der Waals surface area contributed by atoms with Gasteiger partial charge in [-0.25, -0.2) is 0 Å². The first-order valence-electron chi connectivity index (χ1n) is 8.41. The van der Waals surface area contributed by atoms with Crippen LogP contribution in [0, 0.1) is 0 Å². The minimum Gasteiger partial charge on any atom is -0.673 e. The number of carboxylic acid groups (broad SMARTS) is 2. The van der Waals surface area contributed by atoms with Crippen molar-refractivity contribution in [1.29, 1.82) is 0 Å². The number of carbonyl (C=O) groups is 4. The van der Waals surface area contributed by atoms with Gasteiger partial charge in [-0.2, -0.15) is 0 Å². The molecule has 5 N–H and O–H groups in total. The predicted molar refractivity (Wildman–Crippen MR) is 95.8 cm³/mol. The molecule has 0 aromatic carbocycles. The van der Waals surface area contributed by atoms with Crippen LogP contribution < -0.4 is 21.1 Å². The molecule has 13 heteroatoms. The van der Waals surface area contributed by atoms with Crippen molar-refractivity contribution in [2.24, 2.45) is 5.73 Å². The van der Waals surface area contributed by atoms with Crippen molar-refractivity contribution in [2.75, 3.05) is 13.1 Å². The van der Waals surface area contributed by atoms with Gasteiger partial charge in [0.1, 0.15) is 0 Å². The summed E-state index contributed by atoms with van der Waals surface area (Å²) in [4.78, 5) is 51.4. The number of unbranched alkanes of at least 4 members (excludes halogenated alkanes) is 1. The van der Waals surface area contributed by atoms with Gasteiger partial charge in [-0.15, -0.1) is 6.54 Å². The van der Waals surface area contributed by atoms with Crippen molar-refractivity contribution in [3.05, 3.63) is 29.3 Å². The van der Waals surface area contributed by atoms with Crippen LogP contribution in [0.25, 0.3) is 11.1 Å². The zero-order chi connectivity index (χ0) is 21.5. The molecule has 1 aromatic heterocycles. The molecule has 0 spiro atoms. The topological polar surface area (TPSA) is 215 Å². The Labute approximate surface area is 178 Å². The zero-order valence-corrected chi connectivity index (χ0v) is 16.7. The third kappa shape index (κ3) is 14.2. The van der Waals surface area contributed by atoms with Crippen LogP contribution in [-0.4, -0.2) is 59.0 Å². The third-order valence-corrected chi connectivity index (χ3v) is 3.22. The number of nitrogens with two attached hydrogens (primary N) is 1. The van der Waals surface area contributed by atoms with Crippen LogP contribution in [0.5, 0.6) is 0 Å². The molecule has 0 aliphatic rings. The van der Waals surface area contributed by atoms with E-state index in [0.717, 1.165) is 6.92 Å². The number of aliphatic carboxylic acids is 2. The Morgan fingerprint density at radius 3 is 2.45 bits per heavy atom. The monoisotopic (exact) mass is 459 g/mol. The molecule has 0 fully saturated rings. The standard InChI is InChI=1S/C14H23N6O4.C2H4O2.Cu/c15-4-2-1-3-10(14(23)24)20-13(22)11(19-12(21)6-16)5-9-7-17-8-18-9;1-2(3)4;/h7-8,10-11,16H,1-6,15H2,(H4,17,18,19,20,21,22,23,24);1H3,(H,3,4);/q-1;;+2/p-3/t10-,11-;;/m0../s1. The largest absolute Gasteiger partial charge is 2.00 e. The fourth-order valence-corrected chi connectivity index (χ4v) is 1.99. The van der Waals surface area contributed by atoms with Crippen LogP contribution in [0.2, 0.25) is 0 Å². The van der Waals surface area contributed by atoms with Gasteiger partial charge in [-0.3, -0.25) is 9.59 Å². The second kappa shape index (κ2) is 16.5. The molecule has 0 aliphatic carbocycles. The van der Waals surface area contributed by atoms with Gasteiger partial charge in [0.2, 0.25) is 5.91 Å². The number of carbonyl (C=O) groups excluding carboxylic acids is 3. The van der Waals surface area contributed by atoms with E-state index >= 15 is 0 Å². The van der Waals surface area contributed by atoms with Crippen LogP contribution in [0.4, 0.5) is 0 Å². The summed E-state index contributed by atoms with van der Waals surface area (Å²) in [7, 11) is 0. The molecule has 1 radical (unpaired) electrons. The van der Waals surface area contributed by atoms with Gasteiger partial charge in [0.05, 0.1) is 12.0 Å². The summed E-state index contributed by atoms with van der Waals surface area (Å²) in [5.74, 6) is -3.76. The molecular formula is C16H24CuN6O6-2. The number of hydrogen-bond donors (Lipinski definition) is 3. The first-order valence-corrected chi connectivity index (χ1v) is 8.41. The van der Waals surface area contributed by atoms with Gasteiger partial charge in [-0.05, 0) is 38.3 Å². The molecule has 0 bridgehead atoms. The van der Waals surface area contributed by atoms with E-state index in [9.17, 15) is 19.5 Å². The minimum atomic E-state index is -1.42. The average molecular weight is 460 g/mol. The van der Waals surface area contributed by atoms with Crippen molar-refractivity contribution in [2.45, 2.75) is 44.7 Å². The van der Waals surface area contributed by atoms with Crippen LogP contribution in [0.3, 0.4) is 0 Å². The number of nitrogens with one attached hydrogen (secondary N) is 2. The maximum atomic E-state index is 12.3. The minimum absolute atomic E-state index is 0. The summed E-state index contributed by atoms with van der Waals surface area (Å²) in [5.41, 5.74) is 12.8. The van der Waals surface area contributed by atoms with E-state index in [2.05, 4.69) is 20.6 Å². The van der Waals surface area contributed by atoms with Crippen molar-refractivity contribution in [3.8, 4) is 0 Å². The number of rotatable bonds is 11. The van der Waals surface area contributed by atoms with Gasteiger partial charge in [0, 0.05) is 12.8 Å². The molecule has 0 saturated carbocycles. The summed E-state index contributed by atoms with van der Waals surface area (Å²) in [5, 5.41) is 24.5. The smallest absolute Gasteiger partial charge is 0.673 e. The fraction of sp³-hybridized carbons (Fsp3) is 0.562. The Morgan fingerprint density at radius 1 is 1.38 bits per heavy atom. The zero-order valence-electron chi connectivity index (χ0n) is 15.8. The fourth-order valence-electron chi connectivity index (χ4n) is 1.99. The molecule has 167 valence electrons. The van der Waals surface area contributed by atoms with E-state index in [0.29, 0.717) is 25.1 Å². The van der Waals surface area contributed by atoms with Gasteiger partial charge >= 0.3 is 17.1 Å². The van der Waals surface area contributed by atoms with Crippen molar-refractivity contribution in [1.82, 2.24) is 15.3 Å². The van der Waals surface area contributed by atoms with E-state index < -0.39 is 42.4 Å². The molecular weight excluding hydrogens is 436 g/mol. The molecule has 12 nitrogen and oxygen atoms in total. The van der Waals surface area contributed by atoms with E-state index in [-0.39, 0.29) is 29.9 Å². The van der Waals surface area contributed by atoms with E-state index in [1.807, 2.05) is 0 Å². The Bertz CT molecular complexity index is 623. The van der Waals surface area contributed by atoms with Crippen molar-refractivity contribution < 1.29 is 46.5 Å². The SMILES string of the molecule is CC(=O)O.[Cu+2].[NH-]CC(=O)[N-][C@@H](Cc1cnc[n-]1)C(=O)N[C@@H](CCCCN)C(=O)[O-]. The summed E-state index contributed by atoms with van der Waals surface area (Å²) >= 11 is 0. The molecule has 0 unspecified atom stereocenters. The van der Waals surface area contributed by atoms with Crippen molar-refractivity contribution in [3.63, 3.8) is 0 Å². The summed E-state index contributed by atoms with van der Waals surface area (Å²) in [6.07, 6.45) is 3.98. The van der Waals surface area contributed by atoms with Crippen LogP contribution in [0.1, 0.15) is 31.9 Å². The second-order valence-corrected chi connectivity index (χ2v) is 5.62. The van der Waals surface area contributed by atoms with Crippen LogP contribution in [-0.2, 0) is 42.7 Å². The summed E-state index contributed by atoms with van der Waals surface area (Å²) in [6, 6.07) is -2.37. The molecule has 2 atom stereocenters. The first-order chi connectivity index (χ1) is 13.2. The predicted octanol–water partition coefficient (Wildman–Crippen LogP) is -1.65. The number of imidazole rings is 1. The van der Waals surface area contributed by atoms with E-state index in [4.69, 9.17) is 21.4 Å². The number of hydrogen-bond acceptors (Lipinski definition) is 7. The molecule has 1 aromatic rings. The summed E-state index contributed by atoms with van der Waals surface area (Å²) < 4.78 is 0. The second-order valence-electron chi connectivity index (χ2n) is 5.62. The third-order valence-electron chi connectivity index (χ3n) is 3.22. The Balaban J connectivity index is 0. The van der Waals surface area contributed by atoms with Gasteiger partial charge in [0.25, 0.3) is 5.97 Å². The average Bonchev–Trinajstić information content (AvgIpc) is 3.12.